The van der Waals surface area contributed by atoms with Gasteiger partial charge in [0.2, 0.25) is 0 Å². The number of hydrogen-bond donors (Lipinski definition) is 1. The second-order valence-corrected chi connectivity index (χ2v) is 5.18. The van der Waals surface area contributed by atoms with Crippen molar-refractivity contribution in [2.45, 2.75) is 13.1 Å². The third kappa shape index (κ3) is 5.52. The van der Waals surface area contributed by atoms with Crippen LogP contribution in [-0.2, 0) is 13.1 Å². The first-order chi connectivity index (χ1) is 9.54. The number of nitrogens with zero attached hydrogens (tertiary/aromatic N) is 1. The predicted molar refractivity (Wildman–Crippen MR) is 87.4 cm³/mol. The lowest BCUT2D eigenvalue weighted by Gasteiger charge is -2.06. The molecule has 4 nitrogen and oxygen atoms in total. The molecule has 7 heteroatoms. The average Bonchev–Trinajstić information content (AvgIpc) is 2.38. The van der Waals surface area contributed by atoms with Crippen molar-refractivity contribution in [2.75, 3.05) is 0 Å². The number of hydrogen-bond acceptors (Lipinski definition) is 3. The molecule has 0 fully saturated rings. The van der Waals surface area contributed by atoms with Crippen LogP contribution >= 0.6 is 35.6 Å². The zero-order valence-corrected chi connectivity index (χ0v) is 13.2. The van der Waals surface area contributed by atoms with E-state index in [1.165, 1.54) is 12.1 Å². The summed E-state index contributed by atoms with van der Waals surface area (Å²) in [6, 6.07) is 11.8. The number of non-ortho nitro benzene ring substituents is 1. The van der Waals surface area contributed by atoms with E-state index in [1.807, 2.05) is 12.1 Å². The van der Waals surface area contributed by atoms with Crippen molar-refractivity contribution in [3.8, 4) is 0 Å². The van der Waals surface area contributed by atoms with E-state index in [4.69, 9.17) is 23.2 Å². The number of nitrogens with one attached hydrogen (secondary N) is 1. The lowest BCUT2D eigenvalue weighted by Crippen LogP contribution is -2.12. The molecular weight excluding hydrogens is 335 g/mol. The highest BCUT2D eigenvalue weighted by Crippen LogP contribution is 2.19. The Kier molecular flexibility index (Phi) is 6.92. The summed E-state index contributed by atoms with van der Waals surface area (Å²) in [4.78, 5) is 10.1. The number of rotatable bonds is 5. The molecule has 0 saturated carbocycles. The average molecular weight is 348 g/mol. The van der Waals surface area contributed by atoms with Crippen LogP contribution in [0, 0.1) is 10.1 Å². The molecule has 0 aliphatic heterocycles. The zero-order chi connectivity index (χ0) is 14.5. The maximum Gasteiger partial charge on any atom is 0.269 e. The van der Waals surface area contributed by atoms with Gasteiger partial charge in [-0.25, -0.2) is 0 Å². The van der Waals surface area contributed by atoms with Gasteiger partial charge in [-0.15, -0.1) is 12.4 Å². The van der Waals surface area contributed by atoms with E-state index < -0.39 is 4.92 Å². The molecule has 112 valence electrons. The standard InChI is InChI=1S/C14H12Cl2N2O2.ClH/c15-12-5-11(6-13(16)7-12)9-17-8-10-1-3-14(4-2-10)18(19)20;/h1-7,17H,8-9H2;1H. The highest BCUT2D eigenvalue weighted by Gasteiger charge is 2.04. The summed E-state index contributed by atoms with van der Waals surface area (Å²) in [5.74, 6) is 0. The van der Waals surface area contributed by atoms with Crippen molar-refractivity contribution in [3.05, 3.63) is 73.8 Å². The predicted octanol–water partition coefficient (Wildman–Crippen LogP) is 4.61. The summed E-state index contributed by atoms with van der Waals surface area (Å²) in [6.45, 7) is 1.24. The van der Waals surface area contributed by atoms with E-state index in [9.17, 15) is 10.1 Å². The quantitative estimate of drug-likeness (QED) is 0.634. The van der Waals surface area contributed by atoms with Crippen LogP contribution in [-0.4, -0.2) is 4.92 Å². The molecule has 0 aliphatic carbocycles. The van der Waals surface area contributed by atoms with Gasteiger partial charge >= 0.3 is 0 Å². The van der Waals surface area contributed by atoms with Crippen molar-refractivity contribution in [1.29, 1.82) is 0 Å². The highest BCUT2D eigenvalue weighted by atomic mass is 35.5. The molecule has 0 spiro atoms. The fourth-order valence-corrected chi connectivity index (χ4v) is 2.37. The minimum atomic E-state index is -0.412. The van der Waals surface area contributed by atoms with Crippen molar-refractivity contribution >= 4 is 41.3 Å². The normalized spacial score (nSPS) is 10.0. The van der Waals surface area contributed by atoms with Gasteiger partial charge in [-0.1, -0.05) is 35.3 Å². The van der Waals surface area contributed by atoms with Crippen LogP contribution < -0.4 is 5.32 Å². The Morgan fingerprint density at radius 1 is 0.952 bits per heavy atom. The summed E-state index contributed by atoms with van der Waals surface area (Å²) < 4.78 is 0. The van der Waals surface area contributed by atoms with Crippen LogP contribution in [0.5, 0.6) is 0 Å². The third-order valence-electron chi connectivity index (χ3n) is 2.73. The van der Waals surface area contributed by atoms with Gasteiger partial charge in [0.05, 0.1) is 4.92 Å². The monoisotopic (exact) mass is 346 g/mol. The molecule has 0 aliphatic rings. The highest BCUT2D eigenvalue weighted by molar-refractivity contribution is 6.34. The van der Waals surface area contributed by atoms with E-state index in [0.29, 0.717) is 23.1 Å². The van der Waals surface area contributed by atoms with Gasteiger partial charge in [0.15, 0.2) is 0 Å². The Morgan fingerprint density at radius 2 is 1.48 bits per heavy atom. The number of halogens is 3. The van der Waals surface area contributed by atoms with Crippen LogP contribution in [0.1, 0.15) is 11.1 Å². The SMILES string of the molecule is Cl.O=[N+]([O-])c1ccc(CNCc2cc(Cl)cc(Cl)c2)cc1. The van der Waals surface area contributed by atoms with Gasteiger partial charge in [0.1, 0.15) is 0 Å². The Morgan fingerprint density at radius 3 is 2.00 bits per heavy atom. The van der Waals surface area contributed by atoms with Gasteiger partial charge in [0.25, 0.3) is 5.69 Å². The van der Waals surface area contributed by atoms with Gasteiger partial charge in [-0.2, -0.15) is 0 Å². The Bertz CT molecular complexity index is 598. The number of nitro groups is 1. The van der Waals surface area contributed by atoms with Crippen LogP contribution in [0.25, 0.3) is 0 Å². The smallest absolute Gasteiger partial charge is 0.269 e. The molecule has 21 heavy (non-hydrogen) atoms. The van der Waals surface area contributed by atoms with Crippen LogP contribution in [0.3, 0.4) is 0 Å². The van der Waals surface area contributed by atoms with Gasteiger partial charge in [-0.3, -0.25) is 10.1 Å². The van der Waals surface area contributed by atoms with Crippen LogP contribution in [0.2, 0.25) is 10.0 Å². The summed E-state index contributed by atoms with van der Waals surface area (Å²) in [5, 5.41) is 15.0. The molecule has 2 rings (SSSR count). The molecule has 1 N–H and O–H groups in total. The lowest BCUT2D eigenvalue weighted by molar-refractivity contribution is -0.384. The first kappa shape index (κ1) is 17.7. The van der Waals surface area contributed by atoms with Crippen molar-refractivity contribution in [2.24, 2.45) is 0 Å². The molecule has 2 aromatic carbocycles. The Balaban J connectivity index is 0.00000220. The van der Waals surface area contributed by atoms with Gasteiger partial charge in [-0.05, 0) is 29.3 Å². The molecule has 0 heterocycles. The van der Waals surface area contributed by atoms with Crippen molar-refractivity contribution in [3.63, 3.8) is 0 Å². The largest absolute Gasteiger partial charge is 0.309 e. The molecule has 0 aromatic heterocycles. The van der Waals surface area contributed by atoms with E-state index in [0.717, 1.165) is 11.1 Å². The summed E-state index contributed by atoms with van der Waals surface area (Å²) in [6.07, 6.45) is 0. The summed E-state index contributed by atoms with van der Waals surface area (Å²) in [7, 11) is 0. The Labute approximate surface area is 138 Å². The first-order valence-electron chi connectivity index (χ1n) is 5.93. The fraction of sp³-hybridized carbons (Fsp3) is 0.143. The topological polar surface area (TPSA) is 55.2 Å². The number of benzene rings is 2. The second-order valence-electron chi connectivity index (χ2n) is 4.30. The van der Waals surface area contributed by atoms with Crippen molar-refractivity contribution in [1.82, 2.24) is 5.32 Å². The maximum atomic E-state index is 10.5. The molecule has 0 amide bonds. The first-order valence-corrected chi connectivity index (χ1v) is 6.69. The minimum absolute atomic E-state index is 0. The summed E-state index contributed by atoms with van der Waals surface area (Å²) >= 11 is 11.8. The molecule has 0 saturated heterocycles. The second kappa shape index (κ2) is 8.20. The molecule has 0 atom stereocenters. The van der Waals surface area contributed by atoms with E-state index in [1.54, 1.807) is 18.2 Å². The Hall–Kier alpha value is -1.33. The molecular formula is C14H13Cl3N2O2. The summed E-state index contributed by atoms with van der Waals surface area (Å²) in [5.41, 5.74) is 2.06. The number of nitro benzene ring substituents is 1. The third-order valence-corrected chi connectivity index (χ3v) is 3.16. The van der Waals surface area contributed by atoms with E-state index in [2.05, 4.69) is 5.32 Å². The van der Waals surface area contributed by atoms with Crippen LogP contribution in [0.4, 0.5) is 5.69 Å². The molecule has 2 aromatic rings. The molecule has 0 unspecified atom stereocenters. The van der Waals surface area contributed by atoms with Crippen LogP contribution in [0.15, 0.2) is 42.5 Å². The molecule has 0 radical (unpaired) electrons. The fourth-order valence-electron chi connectivity index (χ4n) is 1.80. The van der Waals surface area contributed by atoms with E-state index in [-0.39, 0.29) is 18.1 Å². The molecule has 0 bridgehead atoms. The lowest BCUT2D eigenvalue weighted by atomic mass is 10.2. The maximum absolute atomic E-state index is 10.5. The van der Waals surface area contributed by atoms with Gasteiger partial charge < -0.3 is 5.32 Å². The van der Waals surface area contributed by atoms with E-state index >= 15 is 0 Å². The minimum Gasteiger partial charge on any atom is -0.309 e. The van der Waals surface area contributed by atoms with Crippen molar-refractivity contribution < 1.29 is 4.92 Å². The zero-order valence-electron chi connectivity index (χ0n) is 10.9. The van der Waals surface area contributed by atoms with Gasteiger partial charge in [0, 0.05) is 35.3 Å².